The van der Waals surface area contributed by atoms with Gasteiger partial charge in [-0.15, -0.1) is 0 Å². The average molecular weight is 513 g/mol. The Labute approximate surface area is 224 Å². The standard InChI is InChI=1S/C32H36N2O4/c1-33-26-17-15-22(16-18-26)21-11-13-24(14-12-21)31(36)34(30(35)23-7-4-3-5-8-23)27-10-6-9-25(19-27)28-20-29(28)32(37)38-2/h6,9-19,23,28-29,31,33,36H,3-5,7-8,20H2,1-2H3. The number of nitrogens with one attached hydrogen (secondary N) is 1. The topological polar surface area (TPSA) is 78.9 Å². The summed E-state index contributed by atoms with van der Waals surface area (Å²) in [7, 11) is 3.31. The zero-order valence-corrected chi connectivity index (χ0v) is 22.1. The zero-order chi connectivity index (χ0) is 26.6. The van der Waals surface area contributed by atoms with Crippen molar-refractivity contribution < 1.29 is 19.4 Å². The van der Waals surface area contributed by atoms with E-state index in [1.165, 1.54) is 7.11 Å². The first-order valence-electron chi connectivity index (χ1n) is 13.6. The average Bonchev–Trinajstić information content (AvgIpc) is 3.79. The number of benzene rings is 3. The number of carbonyl (C=O) groups excluding carboxylic acids is 2. The molecule has 198 valence electrons. The highest BCUT2D eigenvalue weighted by Crippen LogP contribution is 2.49. The summed E-state index contributed by atoms with van der Waals surface area (Å²) >= 11 is 0. The normalized spacial score (nSPS) is 19.9. The summed E-state index contributed by atoms with van der Waals surface area (Å²) < 4.78 is 4.92. The highest BCUT2D eigenvalue weighted by Gasteiger charge is 2.45. The van der Waals surface area contributed by atoms with E-state index in [0.717, 1.165) is 60.9 Å². The lowest BCUT2D eigenvalue weighted by molar-refractivity contribution is -0.142. The van der Waals surface area contributed by atoms with Gasteiger partial charge >= 0.3 is 5.97 Å². The SMILES string of the molecule is CNc1ccc(-c2ccc(C(O)N(C(=O)C3CCCCC3)c3cccc(C4CC4C(=O)OC)c3)cc2)cc1. The summed E-state index contributed by atoms with van der Waals surface area (Å²) in [6.45, 7) is 0. The Morgan fingerprint density at radius 1 is 0.947 bits per heavy atom. The van der Waals surface area contributed by atoms with Gasteiger partial charge in [0, 0.05) is 29.9 Å². The monoisotopic (exact) mass is 512 g/mol. The predicted molar refractivity (Wildman–Crippen MR) is 150 cm³/mol. The Morgan fingerprint density at radius 2 is 1.61 bits per heavy atom. The van der Waals surface area contributed by atoms with Crippen LogP contribution in [0.2, 0.25) is 0 Å². The first-order chi connectivity index (χ1) is 18.5. The summed E-state index contributed by atoms with van der Waals surface area (Å²) in [6.07, 6.45) is 4.53. The van der Waals surface area contributed by atoms with Crippen molar-refractivity contribution in [2.75, 3.05) is 24.4 Å². The van der Waals surface area contributed by atoms with E-state index in [1.807, 2.05) is 67.7 Å². The number of ether oxygens (including phenoxy) is 1. The number of aliphatic hydroxyl groups excluding tert-OH is 1. The first-order valence-corrected chi connectivity index (χ1v) is 13.6. The summed E-state index contributed by atoms with van der Waals surface area (Å²) in [6, 6.07) is 23.6. The minimum Gasteiger partial charge on any atom is -0.469 e. The quantitative estimate of drug-likeness (QED) is 0.274. The van der Waals surface area contributed by atoms with Crippen LogP contribution in [-0.2, 0) is 14.3 Å². The van der Waals surface area contributed by atoms with Crippen molar-refractivity contribution in [2.45, 2.75) is 50.7 Å². The maximum atomic E-state index is 13.9. The number of carbonyl (C=O) groups is 2. The highest BCUT2D eigenvalue weighted by molar-refractivity contribution is 5.95. The van der Waals surface area contributed by atoms with Crippen molar-refractivity contribution in [3.05, 3.63) is 83.9 Å². The van der Waals surface area contributed by atoms with E-state index < -0.39 is 6.23 Å². The van der Waals surface area contributed by atoms with E-state index in [4.69, 9.17) is 4.74 Å². The van der Waals surface area contributed by atoms with Gasteiger partial charge in [0.25, 0.3) is 0 Å². The van der Waals surface area contributed by atoms with E-state index in [-0.39, 0.29) is 29.6 Å². The third-order valence-electron chi connectivity index (χ3n) is 8.02. The highest BCUT2D eigenvalue weighted by atomic mass is 16.5. The Bertz CT molecular complexity index is 1270. The molecule has 3 aromatic rings. The smallest absolute Gasteiger partial charge is 0.309 e. The van der Waals surface area contributed by atoms with Gasteiger partial charge in [0.05, 0.1) is 13.0 Å². The maximum Gasteiger partial charge on any atom is 0.309 e. The number of methoxy groups -OCH3 is 1. The van der Waals surface area contributed by atoms with Crippen molar-refractivity contribution >= 4 is 23.3 Å². The number of nitrogens with zero attached hydrogens (tertiary/aromatic N) is 1. The van der Waals surface area contributed by atoms with Crippen molar-refractivity contribution in [1.29, 1.82) is 0 Å². The molecule has 2 aliphatic rings. The molecule has 1 amide bonds. The molecule has 2 N–H and O–H groups in total. The van der Waals surface area contributed by atoms with E-state index in [0.29, 0.717) is 11.3 Å². The van der Waals surface area contributed by atoms with Gasteiger partial charge in [-0.05, 0) is 66.1 Å². The van der Waals surface area contributed by atoms with Crippen molar-refractivity contribution in [1.82, 2.24) is 0 Å². The van der Waals surface area contributed by atoms with Crippen LogP contribution >= 0.6 is 0 Å². The molecule has 6 nitrogen and oxygen atoms in total. The van der Waals surface area contributed by atoms with E-state index in [9.17, 15) is 14.7 Å². The van der Waals surface area contributed by atoms with Gasteiger partial charge in [-0.1, -0.05) is 67.8 Å². The summed E-state index contributed by atoms with van der Waals surface area (Å²) in [5.74, 6) is -0.398. The summed E-state index contributed by atoms with van der Waals surface area (Å²) in [5.41, 5.74) is 5.48. The number of aliphatic hydroxyl groups is 1. The minimum absolute atomic E-state index is 0.0404. The molecule has 38 heavy (non-hydrogen) atoms. The Kier molecular flexibility index (Phi) is 7.79. The van der Waals surface area contributed by atoms with Gasteiger partial charge < -0.3 is 15.2 Å². The number of esters is 1. The van der Waals surface area contributed by atoms with Gasteiger partial charge in [-0.3, -0.25) is 14.5 Å². The molecule has 0 aromatic heterocycles. The summed E-state index contributed by atoms with van der Waals surface area (Å²) in [5, 5.41) is 14.7. The number of hydrogen-bond acceptors (Lipinski definition) is 5. The zero-order valence-electron chi connectivity index (χ0n) is 22.1. The minimum atomic E-state index is -1.11. The lowest BCUT2D eigenvalue weighted by Crippen LogP contribution is -2.40. The van der Waals surface area contributed by atoms with Crippen LogP contribution in [0, 0.1) is 11.8 Å². The van der Waals surface area contributed by atoms with Crippen molar-refractivity contribution in [3.63, 3.8) is 0 Å². The second kappa shape index (κ2) is 11.4. The van der Waals surface area contributed by atoms with Crippen LogP contribution in [0.3, 0.4) is 0 Å². The fourth-order valence-electron chi connectivity index (χ4n) is 5.64. The molecule has 0 bridgehead atoms. The van der Waals surface area contributed by atoms with Gasteiger partial charge in [-0.2, -0.15) is 0 Å². The Morgan fingerprint density at radius 3 is 2.24 bits per heavy atom. The third kappa shape index (κ3) is 5.46. The van der Waals surface area contributed by atoms with Crippen LogP contribution in [0.15, 0.2) is 72.8 Å². The van der Waals surface area contributed by atoms with Crippen molar-refractivity contribution in [2.24, 2.45) is 11.8 Å². The maximum absolute atomic E-state index is 13.9. The molecule has 2 saturated carbocycles. The molecule has 0 saturated heterocycles. The molecular formula is C32H36N2O4. The molecular weight excluding hydrogens is 476 g/mol. The Balaban J connectivity index is 1.43. The first kappa shape index (κ1) is 26.0. The molecule has 2 fully saturated rings. The third-order valence-corrected chi connectivity index (χ3v) is 8.02. The van der Waals surface area contributed by atoms with Gasteiger partial charge in [0.1, 0.15) is 0 Å². The van der Waals surface area contributed by atoms with Gasteiger partial charge in [0.2, 0.25) is 5.91 Å². The molecule has 0 aliphatic heterocycles. The number of amides is 1. The van der Waals surface area contributed by atoms with Gasteiger partial charge in [-0.25, -0.2) is 0 Å². The number of hydrogen-bond donors (Lipinski definition) is 2. The number of rotatable bonds is 8. The van der Waals surface area contributed by atoms with Crippen LogP contribution in [0.4, 0.5) is 11.4 Å². The summed E-state index contributed by atoms with van der Waals surface area (Å²) in [4.78, 5) is 27.4. The van der Waals surface area contributed by atoms with Gasteiger partial charge in [0.15, 0.2) is 6.23 Å². The molecule has 3 aromatic carbocycles. The molecule has 5 rings (SSSR count). The second-order valence-electron chi connectivity index (χ2n) is 10.4. The van der Waals surface area contributed by atoms with Crippen LogP contribution in [-0.4, -0.2) is 31.1 Å². The number of anilines is 2. The largest absolute Gasteiger partial charge is 0.469 e. The lowest BCUT2D eigenvalue weighted by atomic mass is 9.88. The van der Waals surface area contributed by atoms with Crippen LogP contribution < -0.4 is 10.2 Å². The molecule has 2 aliphatic carbocycles. The predicted octanol–water partition coefficient (Wildman–Crippen LogP) is 6.28. The van der Waals surface area contributed by atoms with E-state index in [1.54, 1.807) is 4.90 Å². The van der Waals surface area contributed by atoms with E-state index in [2.05, 4.69) is 17.4 Å². The fraction of sp³-hybridized carbons (Fsp3) is 0.375. The molecule has 6 heteroatoms. The van der Waals surface area contributed by atoms with Crippen LogP contribution in [0.25, 0.3) is 11.1 Å². The molecule has 3 unspecified atom stereocenters. The lowest BCUT2D eigenvalue weighted by Gasteiger charge is -2.33. The Hall–Kier alpha value is -3.64. The van der Waals surface area contributed by atoms with Crippen molar-refractivity contribution in [3.8, 4) is 11.1 Å². The van der Waals surface area contributed by atoms with Crippen LogP contribution in [0.1, 0.15) is 61.8 Å². The van der Waals surface area contributed by atoms with E-state index >= 15 is 0 Å². The molecule has 0 spiro atoms. The molecule has 3 atom stereocenters. The van der Waals surface area contributed by atoms with Crippen LogP contribution in [0.5, 0.6) is 0 Å². The fourth-order valence-corrected chi connectivity index (χ4v) is 5.64. The molecule has 0 heterocycles. The second-order valence-corrected chi connectivity index (χ2v) is 10.4. The molecule has 0 radical (unpaired) electrons.